The number of hydrogen-bond donors (Lipinski definition) is 1. The van der Waals surface area contributed by atoms with Gasteiger partial charge in [-0.1, -0.05) is 42.5 Å². The molecule has 0 aliphatic carbocycles. The fourth-order valence-corrected chi connectivity index (χ4v) is 4.26. The molecular weight excluding hydrogens is 448 g/mol. The monoisotopic (exact) mass is 476 g/mol. The zero-order valence-corrected chi connectivity index (χ0v) is 20.6. The number of rotatable bonds is 7. The zero-order valence-electron chi connectivity index (χ0n) is 20.6. The molecule has 5 rings (SSSR count). The molecule has 0 atom stereocenters. The van der Waals surface area contributed by atoms with Crippen LogP contribution in [0.15, 0.2) is 97.2 Å². The highest BCUT2D eigenvalue weighted by molar-refractivity contribution is 5.95. The van der Waals surface area contributed by atoms with E-state index in [-0.39, 0.29) is 5.91 Å². The van der Waals surface area contributed by atoms with E-state index in [1.807, 2.05) is 60.8 Å². The number of nitrogens with one attached hydrogen (secondary N) is 1. The molecule has 5 aromatic rings. The van der Waals surface area contributed by atoms with Gasteiger partial charge in [0.1, 0.15) is 11.6 Å². The number of nitrogens with zero attached hydrogens (tertiary/aromatic N) is 3. The molecule has 1 amide bonds. The fraction of sp³-hybridized carbons (Fsp3) is 0.133. The molecule has 0 spiro atoms. The van der Waals surface area contributed by atoms with Crippen molar-refractivity contribution in [3.05, 3.63) is 108 Å². The van der Waals surface area contributed by atoms with Crippen LogP contribution in [-0.4, -0.2) is 41.6 Å². The second kappa shape index (κ2) is 9.96. The minimum absolute atomic E-state index is 0.00942. The van der Waals surface area contributed by atoms with Gasteiger partial charge in [0.25, 0.3) is 5.91 Å². The highest BCUT2D eigenvalue weighted by Gasteiger charge is 2.14. The summed E-state index contributed by atoms with van der Waals surface area (Å²) in [6.07, 6.45) is 1.90. The van der Waals surface area contributed by atoms with E-state index >= 15 is 0 Å². The van der Waals surface area contributed by atoms with Gasteiger partial charge in [0.2, 0.25) is 0 Å². The van der Waals surface area contributed by atoms with E-state index in [0.29, 0.717) is 12.1 Å². The Bertz CT molecular complexity index is 1490. The van der Waals surface area contributed by atoms with Crippen LogP contribution in [-0.2, 0) is 6.54 Å². The van der Waals surface area contributed by atoms with Crippen LogP contribution in [0.1, 0.15) is 15.9 Å². The highest BCUT2D eigenvalue weighted by Crippen LogP contribution is 2.31. The van der Waals surface area contributed by atoms with E-state index in [9.17, 15) is 4.79 Å². The normalized spacial score (nSPS) is 10.9. The summed E-state index contributed by atoms with van der Waals surface area (Å²) in [6.45, 7) is 0.712. The van der Waals surface area contributed by atoms with Crippen molar-refractivity contribution in [2.45, 2.75) is 6.54 Å². The van der Waals surface area contributed by atoms with Crippen LogP contribution in [0.25, 0.3) is 22.2 Å². The Labute approximate surface area is 210 Å². The molecule has 0 saturated carbocycles. The SMILES string of the molecule is COc1ccc(Nc2cc3c(cn2)cc(-c2ccc(C(=O)N(C)C)cc2)n3Cc2ccccc2)cc1. The molecule has 2 heterocycles. The standard InChI is InChI=1S/C30H28N4O2/c1-33(2)30(35)23-11-9-22(10-12-23)27-17-24-19-31-29(32-25-13-15-26(36-3)16-14-25)18-28(24)34(27)20-21-7-5-4-6-8-21/h4-19H,20H2,1-3H3,(H,31,32). The molecule has 0 saturated heterocycles. The maximum absolute atomic E-state index is 12.4. The van der Waals surface area contributed by atoms with E-state index in [4.69, 9.17) is 4.74 Å². The number of carbonyl (C=O) groups is 1. The molecule has 0 bridgehead atoms. The third kappa shape index (κ3) is 4.79. The van der Waals surface area contributed by atoms with Crippen LogP contribution < -0.4 is 10.1 Å². The van der Waals surface area contributed by atoms with E-state index in [1.165, 1.54) is 5.56 Å². The van der Waals surface area contributed by atoms with E-state index in [0.717, 1.165) is 39.4 Å². The van der Waals surface area contributed by atoms with Gasteiger partial charge in [-0.15, -0.1) is 0 Å². The van der Waals surface area contributed by atoms with Gasteiger partial charge in [-0.2, -0.15) is 0 Å². The van der Waals surface area contributed by atoms with Gasteiger partial charge in [-0.3, -0.25) is 4.79 Å². The fourth-order valence-electron chi connectivity index (χ4n) is 4.26. The first-order valence-corrected chi connectivity index (χ1v) is 11.8. The molecular formula is C30H28N4O2. The topological polar surface area (TPSA) is 59.4 Å². The number of amides is 1. The largest absolute Gasteiger partial charge is 0.497 e. The smallest absolute Gasteiger partial charge is 0.253 e. The van der Waals surface area contributed by atoms with Crippen molar-refractivity contribution in [3.8, 4) is 17.0 Å². The van der Waals surface area contributed by atoms with Crippen molar-refractivity contribution >= 4 is 28.3 Å². The second-order valence-electron chi connectivity index (χ2n) is 8.86. The summed E-state index contributed by atoms with van der Waals surface area (Å²) < 4.78 is 7.56. The first kappa shape index (κ1) is 23.2. The van der Waals surface area contributed by atoms with Crippen molar-refractivity contribution < 1.29 is 9.53 Å². The summed E-state index contributed by atoms with van der Waals surface area (Å²) >= 11 is 0. The minimum Gasteiger partial charge on any atom is -0.497 e. The number of pyridine rings is 1. The van der Waals surface area contributed by atoms with Crippen molar-refractivity contribution in [2.24, 2.45) is 0 Å². The van der Waals surface area contributed by atoms with Crippen molar-refractivity contribution in [3.63, 3.8) is 0 Å². The Morgan fingerprint density at radius 2 is 1.67 bits per heavy atom. The third-order valence-electron chi connectivity index (χ3n) is 6.17. The van der Waals surface area contributed by atoms with Crippen LogP contribution in [0.2, 0.25) is 0 Å². The van der Waals surface area contributed by atoms with Crippen LogP contribution in [0, 0.1) is 0 Å². The summed E-state index contributed by atoms with van der Waals surface area (Å²) in [6, 6.07) is 30.2. The molecule has 36 heavy (non-hydrogen) atoms. The number of aromatic nitrogens is 2. The average Bonchev–Trinajstić information content (AvgIpc) is 3.26. The average molecular weight is 477 g/mol. The number of hydrogen-bond acceptors (Lipinski definition) is 4. The molecule has 0 radical (unpaired) electrons. The number of anilines is 2. The Balaban J connectivity index is 1.55. The van der Waals surface area contributed by atoms with Gasteiger partial charge >= 0.3 is 0 Å². The van der Waals surface area contributed by atoms with Gasteiger partial charge in [-0.25, -0.2) is 4.98 Å². The molecule has 6 heteroatoms. The first-order valence-electron chi connectivity index (χ1n) is 11.8. The van der Waals surface area contributed by atoms with Crippen LogP contribution in [0.3, 0.4) is 0 Å². The van der Waals surface area contributed by atoms with Gasteiger partial charge < -0.3 is 19.5 Å². The summed E-state index contributed by atoms with van der Waals surface area (Å²) in [4.78, 5) is 18.6. The molecule has 3 aromatic carbocycles. The van der Waals surface area contributed by atoms with Crippen LogP contribution in [0.5, 0.6) is 5.75 Å². The molecule has 1 N–H and O–H groups in total. The Morgan fingerprint density at radius 1 is 0.944 bits per heavy atom. The minimum atomic E-state index is -0.00942. The summed E-state index contributed by atoms with van der Waals surface area (Å²) in [5.74, 6) is 1.56. The first-order chi connectivity index (χ1) is 17.5. The summed E-state index contributed by atoms with van der Waals surface area (Å²) in [7, 11) is 5.18. The molecule has 6 nitrogen and oxygen atoms in total. The van der Waals surface area contributed by atoms with Crippen molar-refractivity contribution in [1.82, 2.24) is 14.5 Å². The number of benzene rings is 3. The quantitative estimate of drug-likeness (QED) is 0.304. The molecule has 180 valence electrons. The lowest BCUT2D eigenvalue weighted by Crippen LogP contribution is -2.21. The third-order valence-corrected chi connectivity index (χ3v) is 6.17. The predicted molar refractivity (Wildman–Crippen MR) is 145 cm³/mol. The van der Waals surface area contributed by atoms with E-state index in [1.54, 1.807) is 26.1 Å². The zero-order chi connectivity index (χ0) is 25.1. The Hall–Kier alpha value is -4.58. The molecule has 0 fully saturated rings. The number of fused-ring (bicyclic) bond motifs is 1. The highest BCUT2D eigenvalue weighted by atomic mass is 16.5. The van der Waals surface area contributed by atoms with Crippen LogP contribution in [0.4, 0.5) is 11.5 Å². The molecule has 0 aliphatic heterocycles. The Morgan fingerprint density at radius 3 is 2.33 bits per heavy atom. The predicted octanol–water partition coefficient (Wildman–Crippen LogP) is 6.21. The van der Waals surface area contributed by atoms with Gasteiger partial charge in [0.15, 0.2) is 0 Å². The lowest BCUT2D eigenvalue weighted by molar-refractivity contribution is 0.0827. The lowest BCUT2D eigenvalue weighted by atomic mass is 10.1. The van der Waals surface area contributed by atoms with Crippen LogP contribution >= 0.6 is 0 Å². The van der Waals surface area contributed by atoms with Crippen molar-refractivity contribution in [1.29, 1.82) is 0 Å². The number of carbonyl (C=O) groups excluding carboxylic acids is 1. The van der Waals surface area contributed by atoms with Gasteiger partial charge in [-0.05, 0) is 53.6 Å². The molecule has 0 unspecified atom stereocenters. The van der Waals surface area contributed by atoms with E-state index in [2.05, 4.69) is 51.3 Å². The summed E-state index contributed by atoms with van der Waals surface area (Å²) in [5, 5.41) is 4.45. The number of methoxy groups -OCH3 is 1. The van der Waals surface area contributed by atoms with Crippen molar-refractivity contribution in [2.75, 3.05) is 26.5 Å². The maximum atomic E-state index is 12.4. The Kier molecular flexibility index (Phi) is 6.41. The second-order valence-corrected chi connectivity index (χ2v) is 8.86. The van der Waals surface area contributed by atoms with Gasteiger partial charge in [0, 0.05) is 55.2 Å². The summed E-state index contributed by atoms with van der Waals surface area (Å²) in [5.41, 5.74) is 6.00. The molecule has 2 aromatic heterocycles. The number of ether oxygens (including phenoxy) is 1. The lowest BCUT2D eigenvalue weighted by Gasteiger charge is -2.14. The van der Waals surface area contributed by atoms with E-state index < -0.39 is 0 Å². The maximum Gasteiger partial charge on any atom is 0.253 e. The van der Waals surface area contributed by atoms with Gasteiger partial charge in [0.05, 0.1) is 12.6 Å². The molecule has 0 aliphatic rings.